The van der Waals surface area contributed by atoms with E-state index in [-0.39, 0.29) is 22.1 Å². The molecule has 0 unspecified atom stereocenters. The summed E-state index contributed by atoms with van der Waals surface area (Å²) < 4.78 is 4.67. The maximum absolute atomic E-state index is 11.3. The second kappa shape index (κ2) is 5.97. The number of carbonyl (C=O) groups is 1. The Morgan fingerprint density at radius 1 is 1.65 bits per heavy atom. The normalized spacial score (nSPS) is 15.7. The van der Waals surface area contributed by atoms with Crippen LogP contribution in [0.3, 0.4) is 0 Å². The van der Waals surface area contributed by atoms with Crippen molar-refractivity contribution in [2.45, 2.75) is 24.3 Å². The van der Waals surface area contributed by atoms with Crippen molar-refractivity contribution in [3.05, 3.63) is 27.4 Å². The first kappa shape index (κ1) is 15.1. The Morgan fingerprint density at radius 2 is 2.35 bits per heavy atom. The van der Waals surface area contributed by atoms with Gasteiger partial charge >= 0.3 is 11.7 Å². The van der Waals surface area contributed by atoms with Gasteiger partial charge in [-0.25, -0.2) is 4.98 Å². The third-order valence-corrected chi connectivity index (χ3v) is 4.77. The van der Waals surface area contributed by atoms with Crippen molar-refractivity contribution in [2.24, 2.45) is 5.41 Å². The van der Waals surface area contributed by atoms with Crippen LogP contribution in [0.2, 0.25) is 5.02 Å². The largest absolute Gasteiger partial charge is 0.469 e. The molecule has 0 spiro atoms. The third-order valence-electron chi connectivity index (χ3n) is 3.21. The molecule has 2 rings (SSSR count). The number of esters is 1. The highest BCUT2D eigenvalue weighted by Gasteiger charge is 2.45. The van der Waals surface area contributed by atoms with Gasteiger partial charge in [-0.2, -0.15) is 0 Å². The Morgan fingerprint density at radius 3 is 2.90 bits per heavy atom. The minimum absolute atomic E-state index is 0.101. The Bertz CT molecular complexity index is 548. The molecule has 0 atom stereocenters. The van der Waals surface area contributed by atoms with E-state index in [0.717, 1.165) is 12.8 Å². The van der Waals surface area contributed by atoms with Crippen molar-refractivity contribution in [1.82, 2.24) is 4.98 Å². The molecule has 0 aliphatic heterocycles. The van der Waals surface area contributed by atoms with Crippen LogP contribution in [0.5, 0.6) is 0 Å². The zero-order valence-corrected chi connectivity index (χ0v) is 12.4. The van der Waals surface area contributed by atoms with Crippen molar-refractivity contribution in [2.75, 3.05) is 12.9 Å². The zero-order chi connectivity index (χ0) is 14.8. The molecule has 8 heteroatoms. The van der Waals surface area contributed by atoms with Crippen molar-refractivity contribution in [3.8, 4) is 0 Å². The predicted octanol–water partition coefficient (Wildman–Crippen LogP) is 3.08. The fourth-order valence-corrected chi connectivity index (χ4v) is 3.20. The van der Waals surface area contributed by atoms with E-state index < -0.39 is 4.92 Å². The van der Waals surface area contributed by atoms with Crippen LogP contribution in [-0.2, 0) is 9.53 Å². The second-order valence-electron chi connectivity index (χ2n) is 4.78. The van der Waals surface area contributed by atoms with E-state index in [0.29, 0.717) is 17.2 Å². The van der Waals surface area contributed by atoms with Crippen molar-refractivity contribution >= 4 is 35.0 Å². The SMILES string of the molecule is COC(=O)CC1(CSc2ncc(Cl)cc2[N+](=O)[O-])CC1. The molecule has 1 aliphatic rings. The van der Waals surface area contributed by atoms with E-state index in [1.165, 1.54) is 31.1 Å². The minimum Gasteiger partial charge on any atom is -0.469 e. The molecule has 1 aliphatic carbocycles. The Kier molecular flexibility index (Phi) is 4.49. The van der Waals surface area contributed by atoms with Gasteiger partial charge in [-0.15, -0.1) is 0 Å². The van der Waals surface area contributed by atoms with Gasteiger partial charge in [-0.05, 0) is 18.3 Å². The summed E-state index contributed by atoms with van der Waals surface area (Å²) >= 11 is 7.00. The van der Waals surface area contributed by atoms with E-state index in [9.17, 15) is 14.9 Å². The number of halogens is 1. The number of methoxy groups -OCH3 is 1. The maximum atomic E-state index is 11.3. The molecule has 6 nitrogen and oxygen atoms in total. The molecule has 0 N–H and O–H groups in total. The lowest BCUT2D eigenvalue weighted by atomic mass is 10.1. The van der Waals surface area contributed by atoms with E-state index in [2.05, 4.69) is 9.72 Å². The van der Waals surface area contributed by atoms with Gasteiger partial charge in [0.15, 0.2) is 5.03 Å². The summed E-state index contributed by atoms with van der Waals surface area (Å²) in [6.07, 6.45) is 3.58. The van der Waals surface area contributed by atoms with Gasteiger partial charge in [-0.3, -0.25) is 14.9 Å². The summed E-state index contributed by atoms with van der Waals surface area (Å²) in [6, 6.07) is 1.29. The van der Waals surface area contributed by atoms with Crippen LogP contribution >= 0.6 is 23.4 Å². The molecule has 0 radical (unpaired) electrons. The fraction of sp³-hybridized carbons (Fsp3) is 0.500. The number of aromatic nitrogens is 1. The number of pyridine rings is 1. The summed E-state index contributed by atoms with van der Waals surface area (Å²) in [6.45, 7) is 0. The molecule has 1 saturated carbocycles. The molecule has 0 aromatic carbocycles. The summed E-state index contributed by atoms with van der Waals surface area (Å²) in [4.78, 5) is 25.8. The molecule has 1 aromatic heterocycles. The molecule has 0 amide bonds. The van der Waals surface area contributed by atoms with Gasteiger partial charge in [-0.1, -0.05) is 23.4 Å². The monoisotopic (exact) mass is 316 g/mol. The van der Waals surface area contributed by atoms with Gasteiger partial charge in [0, 0.05) is 18.0 Å². The molecule has 20 heavy (non-hydrogen) atoms. The van der Waals surface area contributed by atoms with E-state index in [4.69, 9.17) is 11.6 Å². The van der Waals surface area contributed by atoms with Crippen LogP contribution in [0.1, 0.15) is 19.3 Å². The number of thioether (sulfide) groups is 1. The average Bonchev–Trinajstić information content (AvgIpc) is 3.17. The predicted molar refractivity (Wildman–Crippen MR) is 74.9 cm³/mol. The Balaban J connectivity index is 2.04. The van der Waals surface area contributed by atoms with Crippen molar-refractivity contribution in [1.29, 1.82) is 0 Å². The topological polar surface area (TPSA) is 82.3 Å². The molecule has 108 valence electrons. The highest BCUT2D eigenvalue weighted by Crippen LogP contribution is 2.52. The highest BCUT2D eigenvalue weighted by molar-refractivity contribution is 7.99. The van der Waals surface area contributed by atoms with Crippen LogP contribution in [0.15, 0.2) is 17.3 Å². The maximum Gasteiger partial charge on any atom is 0.306 e. The molecule has 1 fully saturated rings. The molecule has 0 saturated heterocycles. The Hall–Kier alpha value is -1.34. The minimum atomic E-state index is -0.499. The number of carbonyl (C=O) groups excluding carboxylic acids is 1. The van der Waals surface area contributed by atoms with Gasteiger partial charge in [0.05, 0.1) is 23.5 Å². The first-order valence-electron chi connectivity index (χ1n) is 5.95. The summed E-state index contributed by atoms with van der Waals surface area (Å²) in [5.41, 5.74) is -0.205. The van der Waals surface area contributed by atoms with E-state index in [1.54, 1.807) is 0 Å². The molecular formula is C12H13ClN2O4S. The lowest BCUT2D eigenvalue weighted by molar-refractivity contribution is -0.388. The van der Waals surface area contributed by atoms with Crippen LogP contribution < -0.4 is 0 Å². The number of nitro groups is 1. The highest BCUT2D eigenvalue weighted by atomic mass is 35.5. The molecule has 1 aromatic rings. The summed E-state index contributed by atoms with van der Waals surface area (Å²) in [5.74, 6) is 0.360. The quantitative estimate of drug-likeness (QED) is 0.347. The van der Waals surface area contributed by atoms with Crippen LogP contribution in [-0.4, -0.2) is 28.7 Å². The first-order chi connectivity index (χ1) is 9.46. The summed E-state index contributed by atoms with van der Waals surface area (Å²) in [7, 11) is 1.36. The number of rotatable bonds is 6. The number of nitrogens with zero attached hydrogens (tertiary/aromatic N) is 2. The second-order valence-corrected chi connectivity index (χ2v) is 6.18. The van der Waals surface area contributed by atoms with Gasteiger partial charge in [0.2, 0.25) is 0 Å². The smallest absolute Gasteiger partial charge is 0.306 e. The standard InChI is InChI=1S/C12H13ClN2O4S/c1-19-10(16)5-12(2-3-12)7-20-11-9(15(17)18)4-8(13)6-14-11/h4,6H,2-3,5,7H2,1H3. The van der Waals surface area contributed by atoms with Crippen LogP contribution in [0.4, 0.5) is 5.69 Å². The number of ether oxygens (including phenoxy) is 1. The third kappa shape index (κ3) is 3.61. The van der Waals surface area contributed by atoms with E-state index >= 15 is 0 Å². The number of hydrogen-bond acceptors (Lipinski definition) is 6. The fourth-order valence-electron chi connectivity index (χ4n) is 1.81. The Labute approximate surface area is 125 Å². The lowest BCUT2D eigenvalue weighted by Crippen LogP contribution is -2.13. The van der Waals surface area contributed by atoms with Gasteiger partial charge in [0.1, 0.15) is 0 Å². The molecule has 0 bridgehead atoms. The van der Waals surface area contributed by atoms with E-state index in [1.807, 2.05) is 0 Å². The van der Waals surface area contributed by atoms with Crippen LogP contribution in [0.25, 0.3) is 0 Å². The van der Waals surface area contributed by atoms with Crippen molar-refractivity contribution in [3.63, 3.8) is 0 Å². The van der Waals surface area contributed by atoms with Gasteiger partial charge in [0.25, 0.3) is 0 Å². The average molecular weight is 317 g/mol. The first-order valence-corrected chi connectivity index (χ1v) is 7.32. The number of hydrogen-bond donors (Lipinski definition) is 0. The van der Waals surface area contributed by atoms with Gasteiger partial charge < -0.3 is 4.74 Å². The molecule has 1 heterocycles. The lowest BCUT2D eigenvalue weighted by Gasteiger charge is -2.12. The zero-order valence-electron chi connectivity index (χ0n) is 10.8. The summed E-state index contributed by atoms with van der Waals surface area (Å²) in [5, 5.41) is 11.5. The van der Waals surface area contributed by atoms with Crippen molar-refractivity contribution < 1.29 is 14.5 Å². The molecular weight excluding hydrogens is 304 g/mol. The van der Waals surface area contributed by atoms with Crippen LogP contribution in [0, 0.1) is 15.5 Å².